The lowest BCUT2D eigenvalue weighted by Gasteiger charge is -2.09. The number of aromatic carboxylic acids is 3. The Morgan fingerprint density at radius 1 is 0.529 bits per heavy atom. The van der Waals surface area contributed by atoms with E-state index in [2.05, 4.69) is 117 Å². The molecule has 85 heavy (non-hydrogen) atoms. The van der Waals surface area contributed by atoms with Crippen molar-refractivity contribution in [3.8, 4) is 0 Å². The van der Waals surface area contributed by atoms with Gasteiger partial charge in [0, 0.05) is 111 Å². The SMILES string of the molecule is Cc1ccc2c(C3CCCC3)c(Br)n(C)c2c1.Cc1ccc2c(C3CCCC3)cn(C)c2c1.O=C(O)c1ccc2c(C3=CCCC3)c[nH]c2c1.O=C(O)c1ccc2c(C3CCCC3)c[nH]c2c1.O=C(O)c1ccc2cc[nH]c2c1.O=C1CCCC1.[HH].[HH].[HH]. The number of allylic oxidation sites excluding steroid dienone is 2. The van der Waals surface area contributed by atoms with Crippen molar-refractivity contribution < 1.29 is 38.8 Å². The number of carbonyl (C=O) groups is 4. The van der Waals surface area contributed by atoms with E-state index in [1.165, 1.54) is 143 Å². The van der Waals surface area contributed by atoms with Crippen LogP contribution in [0.1, 0.15) is 208 Å². The molecule has 13 heteroatoms. The van der Waals surface area contributed by atoms with Crippen LogP contribution < -0.4 is 0 Å². The Bertz CT molecular complexity index is 4070. The van der Waals surface area contributed by atoms with Crippen LogP contribution >= 0.6 is 15.9 Å². The van der Waals surface area contributed by atoms with Gasteiger partial charge in [-0.2, -0.15) is 0 Å². The molecule has 12 nitrogen and oxygen atoms in total. The number of hydrogen-bond acceptors (Lipinski definition) is 4. The van der Waals surface area contributed by atoms with Crippen LogP contribution in [0.4, 0.5) is 0 Å². The Kier molecular flexibility index (Phi) is 19.4. The maximum atomic E-state index is 10.9. The summed E-state index contributed by atoms with van der Waals surface area (Å²) in [5.74, 6) is 0.0233. The number of nitrogens with one attached hydrogen (secondary N) is 3. The average molecular weight is 1210 g/mol. The van der Waals surface area contributed by atoms with E-state index >= 15 is 0 Å². The molecule has 0 atom stereocenters. The largest absolute Gasteiger partial charge is 0.478 e. The molecule has 448 valence electrons. The van der Waals surface area contributed by atoms with Gasteiger partial charge < -0.3 is 39.4 Å². The maximum absolute atomic E-state index is 10.9. The number of aryl methyl sites for hydroxylation is 4. The summed E-state index contributed by atoms with van der Waals surface area (Å²) in [6, 6.07) is 31.2. The van der Waals surface area contributed by atoms with E-state index in [1.807, 2.05) is 30.6 Å². The van der Waals surface area contributed by atoms with Gasteiger partial charge >= 0.3 is 17.9 Å². The first-order chi connectivity index (χ1) is 41.1. The van der Waals surface area contributed by atoms with Crippen molar-refractivity contribution in [1.29, 1.82) is 0 Å². The zero-order valence-corrected chi connectivity index (χ0v) is 51.1. The number of Topliss-reactive ketones (excluding diaryl/α,β-unsaturated/α-hetero) is 1. The minimum absolute atomic E-state index is 0. The highest BCUT2D eigenvalue weighted by molar-refractivity contribution is 9.10. The molecule has 0 aliphatic heterocycles. The molecule has 0 spiro atoms. The van der Waals surface area contributed by atoms with E-state index < -0.39 is 17.9 Å². The third kappa shape index (κ3) is 14.1. The van der Waals surface area contributed by atoms with E-state index in [-0.39, 0.29) is 4.28 Å². The number of aromatic nitrogens is 5. The van der Waals surface area contributed by atoms with E-state index in [0.717, 1.165) is 77.7 Å². The fourth-order valence-corrected chi connectivity index (χ4v) is 14.2. The van der Waals surface area contributed by atoms with Gasteiger partial charge in [0.25, 0.3) is 0 Å². The second kappa shape index (κ2) is 27.4. The Morgan fingerprint density at radius 2 is 1.05 bits per heavy atom. The van der Waals surface area contributed by atoms with Crippen molar-refractivity contribution in [1.82, 2.24) is 24.1 Å². The number of carbonyl (C=O) groups excluding carboxylic acids is 1. The second-order valence-electron chi connectivity index (χ2n) is 24.0. The summed E-state index contributed by atoms with van der Waals surface area (Å²) in [7, 11) is 4.32. The number of hydrogen-bond donors (Lipinski definition) is 6. The average Bonchev–Trinajstić information content (AvgIpc) is 2.05. The Labute approximate surface area is 510 Å². The van der Waals surface area contributed by atoms with Crippen molar-refractivity contribution in [3.05, 3.63) is 183 Å². The van der Waals surface area contributed by atoms with E-state index in [0.29, 0.717) is 28.4 Å². The number of nitrogens with zero attached hydrogens (tertiary/aromatic N) is 2. The summed E-state index contributed by atoms with van der Waals surface area (Å²) in [4.78, 5) is 51.9. The molecule has 4 fully saturated rings. The summed E-state index contributed by atoms with van der Waals surface area (Å²) >= 11 is 3.79. The van der Waals surface area contributed by atoms with Crippen molar-refractivity contribution >= 4 is 99.7 Å². The fraction of sp³-hybridized carbons (Fsp3) is 0.361. The standard InChI is InChI=1S/C15H18BrN.C15H19N.C14H15NO2.C14H13NO2.C9H7NO2.C5H8O.3H2/c1-10-7-8-12-13(9-10)17(2)15(16)14(12)11-5-3-4-6-11;1-11-7-8-13-14(12-5-3-4-6-12)10-16(2)15(13)9-11;2*16-14(17)10-5-6-11-12(8-15-13(11)7-10)9-3-1-2-4-9;11-9(12)7-2-1-6-3-4-10-8(6)5-7;6-5-3-1-2-4-5;;;/h7-9,11H,3-6H2,1-2H3;7-10,12H,3-6H2,1-2H3;5-9,15H,1-4H2,(H,16,17);3,5-8,15H,1-2,4H2,(H,16,17);1-5,10H,(H,11,12);1-4H2;3*1H. The Hall–Kier alpha value is -7.90. The number of carboxylic acid groups (broad SMARTS) is 3. The summed E-state index contributed by atoms with van der Waals surface area (Å²) in [5, 5.41) is 32.8. The summed E-state index contributed by atoms with van der Waals surface area (Å²) in [5.41, 5.74) is 16.2. The Morgan fingerprint density at radius 3 is 1.62 bits per heavy atom. The second-order valence-corrected chi connectivity index (χ2v) is 24.7. The molecule has 0 bridgehead atoms. The van der Waals surface area contributed by atoms with Gasteiger partial charge in [-0.3, -0.25) is 4.79 Å². The van der Waals surface area contributed by atoms with Gasteiger partial charge in [-0.25, -0.2) is 14.4 Å². The van der Waals surface area contributed by atoms with Gasteiger partial charge in [-0.05, 0) is 212 Å². The molecule has 5 heterocycles. The normalized spacial score (nSPS) is 16.1. The minimum Gasteiger partial charge on any atom is -0.478 e. The van der Waals surface area contributed by atoms with Gasteiger partial charge in [0.2, 0.25) is 0 Å². The molecule has 6 N–H and O–H groups in total. The number of ketones is 1. The van der Waals surface area contributed by atoms with Crippen LogP contribution in [-0.2, 0) is 18.9 Å². The molecule has 5 aromatic carbocycles. The highest BCUT2D eigenvalue weighted by atomic mass is 79.9. The van der Waals surface area contributed by atoms with Gasteiger partial charge in [0.15, 0.2) is 0 Å². The molecule has 0 unspecified atom stereocenters. The summed E-state index contributed by atoms with van der Waals surface area (Å²) in [6.07, 6.45) is 34.1. The van der Waals surface area contributed by atoms with Gasteiger partial charge in [-0.1, -0.05) is 87.1 Å². The lowest BCUT2D eigenvalue weighted by Crippen LogP contribution is -1.95. The topological polar surface area (TPSA) is 186 Å². The number of aromatic amines is 3. The van der Waals surface area contributed by atoms with Crippen LogP contribution in [-0.4, -0.2) is 63.1 Å². The van der Waals surface area contributed by atoms with E-state index in [1.54, 1.807) is 59.8 Å². The van der Waals surface area contributed by atoms with E-state index in [9.17, 15) is 19.2 Å². The molecule has 0 radical (unpaired) electrons. The predicted molar refractivity (Wildman–Crippen MR) is 354 cm³/mol. The van der Waals surface area contributed by atoms with Crippen LogP contribution in [0.2, 0.25) is 0 Å². The fourth-order valence-electron chi connectivity index (χ4n) is 13.5. The number of H-pyrrole nitrogens is 3. The number of halogens is 1. The predicted octanol–water partition coefficient (Wildman–Crippen LogP) is 19.7. The number of rotatable bonds is 7. The number of carboxylic acids is 3. The monoisotopic (exact) mass is 1210 g/mol. The van der Waals surface area contributed by atoms with Crippen molar-refractivity contribution in [2.75, 3.05) is 0 Å². The highest BCUT2D eigenvalue weighted by Gasteiger charge is 2.26. The van der Waals surface area contributed by atoms with Crippen molar-refractivity contribution in [2.24, 2.45) is 14.1 Å². The first-order valence-corrected chi connectivity index (χ1v) is 31.4. The molecule has 0 saturated heterocycles. The highest BCUT2D eigenvalue weighted by Crippen LogP contribution is 2.44. The molecule has 5 aliphatic rings. The van der Waals surface area contributed by atoms with E-state index in [4.69, 9.17) is 15.3 Å². The quantitative estimate of drug-likeness (QED) is 0.0916. The van der Waals surface area contributed by atoms with Crippen LogP contribution in [0, 0.1) is 13.8 Å². The first-order valence-electron chi connectivity index (χ1n) is 30.6. The zero-order chi connectivity index (χ0) is 59.7. The van der Waals surface area contributed by atoms with Crippen molar-refractivity contribution in [3.63, 3.8) is 0 Å². The number of benzene rings is 5. The summed E-state index contributed by atoms with van der Waals surface area (Å²) < 4.78 is 5.86. The third-order valence-corrected chi connectivity index (χ3v) is 19.1. The molecule has 5 aromatic heterocycles. The van der Waals surface area contributed by atoms with Crippen LogP contribution in [0.3, 0.4) is 0 Å². The third-order valence-electron chi connectivity index (χ3n) is 18.1. The lowest BCUT2D eigenvalue weighted by atomic mass is 9.97. The molecule has 15 rings (SSSR count). The summed E-state index contributed by atoms with van der Waals surface area (Å²) in [6.45, 7) is 4.33. The maximum Gasteiger partial charge on any atom is 0.335 e. The molecular formula is C72H86BrN5O7. The zero-order valence-electron chi connectivity index (χ0n) is 49.5. The van der Waals surface area contributed by atoms with Gasteiger partial charge in [0.05, 0.1) is 21.3 Å². The van der Waals surface area contributed by atoms with Gasteiger partial charge in [-0.15, -0.1) is 0 Å². The first kappa shape index (κ1) is 60.2. The van der Waals surface area contributed by atoms with Crippen LogP contribution in [0.25, 0.3) is 60.1 Å². The molecule has 4 saturated carbocycles. The minimum atomic E-state index is -0.897. The molecule has 10 aromatic rings. The Balaban J connectivity index is 0.000000152. The van der Waals surface area contributed by atoms with Crippen LogP contribution in [0.5, 0.6) is 0 Å². The lowest BCUT2D eigenvalue weighted by molar-refractivity contribution is -0.117. The molecule has 0 amide bonds. The molecule has 5 aliphatic carbocycles. The van der Waals surface area contributed by atoms with Crippen LogP contribution in [0.15, 0.2) is 133 Å². The number of fused-ring (bicyclic) bond motifs is 5. The van der Waals surface area contributed by atoms with Crippen molar-refractivity contribution in [2.45, 2.75) is 154 Å². The van der Waals surface area contributed by atoms with Gasteiger partial charge in [0.1, 0.15) is 5.78 Å². The molecular weight excluding hydrogens is 1130 g/mol. The smallest absolute Gasteiger partial charge is 0.335 e.